The molecule has 0 aliphatic carbocycles. The van der Waals surface area contributed by atoms with Crippen LogP contribution in [-0.4, -0.2) is 18.0 Å². The minimum atomic E-state index is 0.0956. The number of benzene rings is 1. The molecule has 2 atom stereocenters. The van der Waals surface area contributed by atoms with E-state index < -0.39 is 0 Å². The third-order valence-corrected chi connectivity index (χ3v) is 5.42. The van der Waals surface area contributed by atoms with E-state index in [-0.39, 0.29) is 12.1 Å². The van der Waals surface area contributed by atoms with Crippen LogP contribution in [0.5, 0.6) is 0 Å². The van der Waals surface area contributed by atoms with Crippen LogP contribution in [0, 0.1) is 0 Å². The lowest BCUT2D eigenvalue weighted by Crippen LogP contribution is -2.38. The van der Waals surface area contributed by atoms with Crippen molar-refractivity contribution < 1.29 is 0 Å². The molecule has 21 heavy (non-hydrogen) atoms. The first-order valence-electron chi connectivity index (χ1n) is 6.95. The zero-order chi connectivity index (χ0) is 15.4. The van der Waals surface area contributed by atoms with Gasteiger partial charge in [-0.15, -0.1) is 11.3 Å². The Bertz CT molecular complexity index is 570. The molecule has 0 saturated carbocycles. The van der Waals surface area contributed by atoms with Crippen LogP contribution in [0.4, 0.5) is 0 Å². The molecule has 2 nitrogen and oxygen atoms in total. The number of nitrogens with two attached hydrogens (primary N) is 1. The lowest BCUT2D eigenvalue weighted by molar-refractivity contribution is 0.202. The highest BCUT2D eigenvalue weighted by atomic mass is 79.9. The van der Waals surface area contributed by atoms with Gasteiger partial charge >= 0.3 is 0 Å². The number of thiophene rings is 1. The molecule has 114 valence electrons. The first-order chi connectivity index (χ1) is 10.0. The fraction of sp³-hybridized carbons (Fsp3) is 0.375. The van der Waals surface area contributed by atoms with Gasteiger partial charge in [-0.1, -0.05) is 30.7 Å². The van der Waals surface area contributed by atoms with Gasteiger partial charge in [0.25, 0.3) is 0 Å². The minimum Gasteiger partial charge on any atom is -0.326 e. The summed E-state index contributed by atoms with van der Waals surface area (Å²) in [4.78, 5) is 2.31. The van der Waals surface area contributed by atoms with Crippen molar-refractivity contribution in [3.8, 4) is 0 Å². The quantitative estimate of drug-likeness (QED) is 0.749. The maximum absolute atomic E-state index is 6.37. The molecule has 0 saturated heterocycles. The molecule has 0 radical (unpaired) electrons. The Morgan fingerprint density at radius 3 is 2.52 bits per heavy atom. The van der Waals surface area contributed by atoms with Gasteiger partial charge in [0.15, 0.2) is 0 Å². The Morgan fingerprint density at radius 2 is 2.00 bits per heavy atom. The zero-order valence-corrected chi connectivity index (χ0v) is 15.4. The molecule has 0 aliphatic heterocycles. The monoisotopic (exact) mass is 386 g/mol. The Balaban J connectivity index is 2.20. The van der Waals surface area contributed by atoms with Gasteiger partial charge in [0, 0.05) is 23.7 Å². The van der Waals surface area contributed by atoms with E-state index in [9.17, 15) is 0 Å². The number of hydrogen-bond donors (Lipinski definition) is 1. The highest BCUT2D eigenvalue weighted by molar-refractivity contribution is 9.11. The second kappa shape index (κ2) is 7.75. The summed E-state index contributed by atoms with van der Waals surface area (Å²) in [7, 11) is 2.13. The third-order valence-electron chi connectivity index (χ3n) is 3.62. The third kappa shape index (κ3) is 4.54. The summed E-state index contributed by atoms with van der Waals surface area (Å²) in [5, 5.41) is 2.93. The summed E-state index contributed by atoms with van der Waals surface area (Å²) in [6.45, 7) is 3.01. The van der Waals surface area contributed by atoms with E-state index >= 15 is 0 Å². The molecule has 0 amide bonds. The minimum absolute atomic E-state index is 0.0956. The Kier molecular flexibility index (Phi) is 6.26. The number of hydrogen-bond acceptors (Lipinski definition) is 3. The normalized spacial score (nSPS) is 14.4. The van der Waals surface area contributed by atoms with E-state index in [4.69, 9.17) is 17.3 Å². The molecule has 2 rings (SSSR count). The fourth-order valence-corrected chi connectivity index (χ4v) is 3.85. The second-order valence-corrected chi connectivity index (χ2v) is 7.97. The highest BCUT2D eigenvalue weighted by Crippen LogP contribution is 2.28. The van der Waals surface area contributed by atoms with Crippen LogP contribution in [0.25, 0.3) is 0 Å². The number of nitrogens with zero attached hydrogens (tertiary/aromatic N) is 1. The Hall–Kier alpha value is -0.390. The molecule has 1 aromatic heterocycles. The number of likely N-dealkylation sites (N-methyl/N-ethyl adjacent to an activating group) is 1. The van der Waals surface area contributed by atoms with Gasteiger partial charge in [0.2, 0.25) is 0 Å². The van der Waals surface area contributed by atoms with Gasteiger partial charge in [-0.3, -0.25) is 4.90 Å². The van der Waals surface area contributed by atoms with Crippen LogP contribution in [0.1, 0.15) is 30.5 Å². The summed E-state index contributed by atoms with van der Waals surface area (Å²) in [6.07, 6.45) is 0.935. The zero-order valence-electron chi connectivity index (χ0n) is 12.2. The standard InChI is InChI=1S/C16H20BrClN2S/c1-3-14(19)16(12-4-6-13(18)7-5-12)20(2)9-11-8-15(17)21-10-11/h4-8,10,14,16H,3,9,19H2,1-2H3. The molecule has 2 aromatic rings. The second-order valence-electron chi connectivity index (χ2n) is 5.24. The average Bonchev–Trinajstić information content (AvgIpc) is 2.86. The first kappa shape index (κ1) is 17.0. The largest absolute Gasteiger partial charge is 0.326 e. The average molecular weight is 388 g/mol. The summed E-state index contributed by atoms with van der Waals surface area (Å²) in [5.74, 6) is 0. The van der Waals surface area contributed by atoms with Crippen LogP contribution in [0.2, 0.25) is 5.02 Å². The fourth-order valence-electron chi connectivity index (χ4n) is 2.53. The lowest BCUT2D eigenvalue weighted by Gasteiger charge is -2.32. The molecule has 5 heteroatoms. The molecule has 2 N–H and O–H groups in total. The SMILES string of the molecule is CCC(N)C(c1ccc(Cl)cc1)N(C)Cc1csc(Br)c1. The van der Waals surface area contributed by atoms with Crippen LogP contribution in [0.3, 0.4) is 0 Å². The molecule has 0 fully saturated rings. The van der Waals surface area contributed by atoms with Gasteiger partial charge in [-0.05, 0) is 64.1 Å². The van der Waals surface area contributed by atoms with E-state index in [0.717, 1.165) is 21.8 Å². The van der Waals surface area contributed by atoms with Gasteiger partial charge < -0.3 is 5.73 Å². The maximum Gasteiger partial charge on any atom is 0.0701 e. The van der Waals surface area contributed by atoms with E-state index in [1.807, 2.05) is 12.1 Å². The molecule has 0 aliphatic rings. The lowest BCUT2D eigenvalue weighted by atomic mass is 9.96. The Morgan fingerprint density at radius 1 is 1.33 bits per heavy atom. The summed E-state index contributed by atoms with van der Waals surface area (Å²) in [5.41, 5.74) is 8.88. The predicted octanol–water partition coefficient (Wildman–Crippen LogP) is 5.07. The molecular formula is C16H20BrClN2S. The van der Waals surface area contributed by atoms with Gasteiger partial charge in [0.05, 0.1) is 3.79 Å². The molecule has 0 bridgehead atoms. The molecule has 1 aromatic carbocycles. The highest BCUT2D eigenvalue weighted by Gasteiger charge is 2.23. The Labute approximate surface area is 144 Å². The first-order valence-corrected chi connectivity index (χ1v) is 9.00. The van der Waals surface area contributed by atoms with Gasteiger partial charge in [0.1, 0.15) is 0 Å². The smallest absolute Gasteiger partial charge is 0.0701 e. The van der Waals surface area contributed by atoms with Crippen LogP contribution in [0.15, 0.2) is 39.5 Å². The van der Waals surface area contributed by atoms with E-state index in [1.54, 1.807) is 11.3 Å². The van der Waals surface area contributed by atoms with E-state index in [0.29, 0.717) is 0 Å². The maximum atomic E-state index is 6.37. The summed E-state index contributed by atoms with van der Waals surface area (Å²) in [6, 6.07) is 10.5. The van der Waals surface area contributed by atoms with Crippen molar-refractivity contribution in [3.05, 3.63) is 55.6 Å². The number of rotatable bonds is 6. The summed E-state index contributed by atoms with van der Waals surface area (Å²) >= 11 is 11.2. The van der Waals surface area contributed by atoms with Gasteiger partial charge in [-0.25, -0.2) is 0 Å². The van der Waals surface area contributed by atoms with Crippen molar-refractivity contribution >= 4 is 38.9 Å². The van der Waals surface area contributed by atoms with Crippen molar-refractivity contribution in [2.75, 3.05) is 7.05 Å². The molecule has 1 heterocycles. The van der Waals surface area contributed by atoms with Crippen molar-refractivity contribution in [2.45, 2.75) is 32.0 Å². The predicted molar refractivity (Wildman–Crippen MR) is 95.9 cm³/mol. The topological polar surface area (TPSA) is 29.3 Å². The van der Waals surface area contributed by atoms with Crippen molar-refractivity contribution in [1.29, 1.82) is 0 Å². The molecule has 2 unspecified atom stereocenters. The van der Waals surface area contributed by atoms with Crippen molar-refractivity contribution in [3.63, 3.8) is 0 Å². The van der Waals surface area contributed by atoms with Gasteiger partial charge in [-0.2, -0.15) is 0 Å². The van der Waals surface area contributed by atoms with E-state index in [2.05, 4.69) is 58.4 Å². The van der Waals surface area contributed by atoms with E-state index in [1.165, 1.54) is 11.1 Å². The number of halogens is 2. The molecule has 0 spiro atoms. The van der Waals surface area contributed by atoms with Crippen LogP contribution in [-0.2, 0) is 6.54 Å². The van der Waals surface area contributed by atoms with Crippen molar-refractivity contribution in [1.82, 2.24) is 4.90 Å². The van der Waals surface area contributed by atoms with Crippen LogP contribution < -0.4 is 5.73 Å². The molecular weight excluding hydrogens is 368 g/mol. The van der Waals surface area contributed by atoms with Crippen molar-refractivity contribution in [2.24, 2.45) is 5.73 Å². The van der Waals surface area contributed by atoms with Crippen LogP contribution >= 0.6 is 38.9 Å². The summed E-state index contributed by atoms with van der Waals surface area (Å²) < 4.78 is 1.16.